The van der Waals surface area contributed by atoms with E-state index in [1.807, 2.05) is 48.5 Å². The molecule has 0 atom stereocenters. The molecular weight excluding hydrogens is 422 g/mol. The molecule has 0 aliphatic carbocycles. The van der Waals surface area contributed by atoms with Crippen LogP contribution in [0.2, 0.25) is 5.02 Å². The predicted molar refractivity (Wildman–Crippen MR) is 118 cm³/mol. The largest absolute Gasteiger partial charge is 0.350 e. The number of nitrogens with zero attached hydrogens (tertiary/aromatic N) is 2. The van der Waals surface area contributed by atoms with E-state index in [0.29, 0.717) is 42.3 Å². The van der Waals surface area contributed by atoms with Crippen LogP contribution < -0.4 is 9.62 Å². The fraction of sp³-hybridized carbons (Fsp3) is 0.227. The lowest BCUT2D eigenvalue weighted by Crippen LogP contribution is -2.29. The van der Waals surface area contributed by atoms with Crippen molar-refractivity contribution in [1.82, 2.24) is 9.88 Å². The molecule has 30 heavy (non-hydrogen) atoms. The molecule has 2 heterocycles. The first kappa shape index (κ1) is 20.5. The van der Waals surface area contributed by atoms with Gasteiger partial charge in [-0.2, -0.15) is 0 Å². The van der Waals surface area contributed by atoms with E-state index in [2.05, 4.69) is 5.32 Å². The number of fused-ring (bicyclic) bond motifs is 1. The van der Waals surface area contributed by atoms with E-state index in [1.165, 1.54) is 16.6 Å². The molecule has 8 heteroatoms. The lowest BCUT2D eigenvalue weighted by atomic mass is 10.1. The molecule has 3 aromatic rings. The lowest BCUT2D eigenvalue weighted by molar-refractivity contribution is 0.0946. The standard InChI is InChI=1S/C22H22ClN3O3S/c1-25-15-19(30(28,29)26-13-11-17-4-2-3-5-20(17)26)14-21(25)22(27)24-12-10-16-6-8-18(23)9-7-16/h2-9,14-15H,10-13H2,1H3,(H,24,27). The van der Waals surface area contributed by atoms with Crippen LogP contribution in [0.4, 0.5) is 5.69 Å². The molecule has 1 aromatic heterocycles. The quantitative estimate of drug-likeness (QED) is 0.634. The molecule has 0 spiro atoms. The minimum Gasteiger partial charge on any atom is -0.350 e. The van der Waals surface area contributed by atoms with Gasteiger partial charge in [-0.3, -0.25) is 9.10 Å². The molecule has 0 bridgehead atoms. The van der Waals surface area contributed by atoms with Gasteiger partial charge in [-0.1, -0.05) is 41.9 Å². The molecule has 6 nitrogen and oxygen atoms in total. The van der Waals surface area contributed by atoms with Crippen molar-refractivity contribution in [3.8, 4) is 0 Å². The van der Waals surface area contributed by atoms with Crippen molar-refractivity contribution in [3.05, 3.63) is 82.6 Å². The van der Waals surface area contributed by atoms with E-state index in [-0.39, 0.29) is 10.8 Å². The van der Waals surface area contributed by atoms with Crippen molar-refractivity contribution in [2.24, 2.45) is 7.05 Å². The van der Waals surface area contributed by atoms with E-state index in [0.717, 1.165) is 11.1 Å². The zero-order valence-electron chi connectivity index (χ0n) is 16.5. The average molecular weight is 444 g/mol. The fourth-order valence-corrected chi connectivity index (χ4v) is 5.35. The van der Waals surface area contributed by atoms with E-state index >= 15 is 0 Å². The summed E-state index contributed by atoms with van der Waals surface area (Å²) in [6.45, 7) is 0.840. The van der Waals surface area contributed by atoms with Crippen LogP contribution in [0.1, 0.15) is 21.6 Å². The van der Waals surface area contributed by atoms with Crippen LogP contribution in [0, 0.1) is 0 Å². The number of carbonyl (C=O) groups is 1. The Bertz CT molecular complexity index is 1190. The maximum Gasteiger partial charge on any atom is 0.267 e. The van der Waals surface area contributed by atoms with E-state index in [4.69, 9.17) is 11.6 Å². The number of carbonyl (C=O) groups excluding carboxylic acids is 1. The Morgan fingerprint density at radius 2 is 1.87 bits per heavy atom. The molecule has 0 fully saturated rings. The predicted octanol–water partition coefficient (Wildman–Crippen LogP) is 3.40. The van der Waals surface area contributed by atoms with Crippen molar-refractivity contribution in [3.63, 3.8) is 0 Å². The number of halogens is 1. The number of rotatable bonds is 6. The second-order valence-corrected chi connectivity index (χ2v) is 9.56. The minimum atomic E-state index is -3.73. The summed E-state index contributed by atoms with van der Waals surface area (Å²) in [7, 11) is -2.06. The Morgan fingerprint density at radius 1 is 1.13 bits per heavy atom. The molecule has 156 valence electrons. The van der Waals surface area contributed by atoms with Crippen molar-refractivity contribution in [2.75, 3.05) is 17.4 Å². The van der Waals surface area contributed by atoms with Crippen molar-refractivity contribution >= 4 is 33.2 Å². The van der Waals surface area contributed by atoms with Gasteiger partial charge in [0.15, 0.2) is 0 Å². The molecule has 0 unspecified atom stereocenters. The van der Waals surface area contributed by atoms with Crippen molar-refractivity contribution < 1.29 is 13.2 Å². The first-order valence-electron chi connectivity index (χ1n) is 9.66. The molecular formula is C22H22ClN3O3S. The van der Waals surface area contributed by atoms with Crippen LogP contribution in [-0.2, 0) is 29.9 Å². The normalized spacial score (nSPS) is 13.3. The maximum atomic E-state index is 13.2. The third-order valence-electron chi connectivity index (χ3n) is 5.26. The molecule has 1 aliphatic rings. The zero-order chi connectivity index (χ0) is 21.3. The summed E-state index contributed by atoms with van der Waals surface area (Å²) in [6.07, 6.45) is 2.83. The molecule has 1 N–H and O–H groups in total. The SMILES string of the molecule is Cn1cc(S(=O)(=O)N2CCc3ccccc32)cc1C(=O)NCCc1ccc(Cl)cc1. The topological polar surface area (TPSA) is 71.4 Å². The van der Waals surface area contributed by atoms with Gasteiger partial charge < -0.3 is 9.88 Å². The number of hydrogen-bond acceptors (Lipinski definition) is 3. The minimum absolute atomic E-state index is 0.115. The zero-order valence-corrected chi connectivity index (χ0v) is 18.1. The molecule has 0 saturated heterocycles. The summed E-state index contributed by atoms with van der Waals surface area (Å²) in [5.41, 5.74) is 3.08. The van der Waals surface area contributed by atoms with Gasteiger partial charge in [-0.25, -0.2) is 8.42 Å². The van der Waals surface area contributed by atoms with Gasteiger partial charge in [-0.05, 0) is 48.2 Å². The van der Waals surface area contributed by atoms with Crippen LogP contribution in [0.25, 0.3) is 0 Å². The number of hydrogen-bond donors (Lipinski definition) is 1. The molecule has 0 radical (unpaired) electrons. The summed E-state index contributed by atoms with van der Waals surface area (Å²) in [5, 5.41) is 3.52. The number of benzene rings is 2. The van der Waals surface area contributed by atoms with Gasteiger partial charge in [0, 0.05) is 31.4 Å². The summed E-state index contributed by atoms with van der Waals surface area (Å²) in [6, 6.07) is 16.4. The lowest BCUT2D eigenvalue weighted by Gasteiger charge is -2.18. The third-order valence-corrected chi connectivity index (χ3v) is 7.29. The van der Waals surface area contributed by atoms with Crippen molar-refractivity contribution in [2.45, 2.75) is 17.7 Å². The monoisotopic (exact) mass is 443 g/mol. The fourth-order valence-electron chi connectivity index (χ4n) is 3.65. The number of aryl methyl sites for hydroxylation is 1. The van der Waals surface area contributed by atoms with Crippen LogP contribution in [0.5, 0.6) is 0 Å². The highest BCUT2D eigenvalue weighted by molar-refractivity contribution is 7.92. The Labute approximate surface area is 181 Å². The first-order valence-corrected chi connectivity index (χ1v) is 11.5. The van der Waals surface area contributed by atoms with Gasteiger partial charge >= 0.3 is 0 Å². The van der Waals surface area contributed by atoms with Gasteiger partial charge in [0.1, 0.15) is 10.6 Å². The third kappa shape index (κ3) is 3.95. The molecule has 0 saturated carbocycles. The highest BCUT2D eigenvalue weighted by Gasteiger charge is 2.32. The van der Waals surface area contributed by atoms with Gasteiger partial charge in [0.2, 0.25) is 0 Å². The smallest absolute Gasteiger partial charge is 0.267 e. The molecule has 1 aliphatic heterocycles. The average Bonchev–Trinajstić information content (AvgIpc) is 3.34. The van der Waals surface area contributed by atoms with Crippen LogP contribution >= 0.6 is 11.6 Å². The Balaban J connectivity index is 1.47. The number of nitrogens with one attached hydrogen (secondary N) is 1. The van der Waals surface area contributed by atoms with Crippen LogP contribution in [0.15, 0.2) is 65.7 Å². The molecule has 4 rings (SSSR count). The summed E-state index contributed by atoms with van der Waals surface area (Å²) in [4.78, 5) is 12.7. The maximum absolute atomic E-state index is 13.2. The van der Waals surface area contributed by atoms with Gasteiger partial charge in [-0.15, -0.1) is 0 Å². The van der Waals surface area contributed by atoms with Crippen LogP contribution in [-0.4, -0.2) is 32.0 Å². The summed E-state index contributed by atoms with van der Waals surface area (Å²) >= 11 is 5.88. The number of amides is 1. The Hall–Kier alpha value is -2.77. The summed E-state index contributed by atoms with van der Waals surface area (Å²) in [5.74, 6) is -0.310. The van der Waals surface area contributed by atoms with Gasteiger partial charge in [0.05, 0.1) is 5.69 Å². The highest BCUT2D eigenvalue weighted by atomic mass is 35.5. The number of aromatic nitrogens is 1. The van der Waals surface area contributed by atoms with E-state index < -0.39 is 10.0 Å². The summed E-state index contributed by atoms with van der Waals surface area (Å²) < 4.78 is 29.3. The van der Waals surface area contributed by atoms with Gasteiger partial charge in [0.25, 0.3) is 15.9 Å². The number of anilines is 1. The highest BCUT2D eigenvalue weighted by Crippen LogP contribution is 2.33. The van der Waals surface area contributed by atoms with Crippen LogP contribution in [0.3, 0.4) is 0 Å². The van der Waals surface area contributed by atoms with Crippen molar-refractivity contribution in [1.29, 1.82) is 0 Å². The molecule has 1 amide bonds. The Kier molecular flexibility index (Phi) is 5.58. The number of sulfonamides is 1. The number of para-hydroxylation sites is 1. The Morgan fingerprint density at radius 3 is 2.63 bits per heavy atom. The first-order chi connectivity index (χ1) is 14.4. The second kappa shape index (κ2) is 8.16. The molecule has 2 aromatic carbocycles. The van der Waals surface area contributed by atoms with E-state index in [9.17, 15) is 13.2 Å². The van der Waals surface area contributed by atoms with E-state index in [1.54, 1.807) is 11.6 Å². The second-order valence-electron chi connectivity index (χ2n) is 7.26.